The maximum Gasteiger partial charge on any atom is 0.255 e. The predicted molar refractivity (Wildman–Crippen MR) is 83.0 cm³/mol. The van der Waals surface area contributed by atoms with E-state index in [0.29, 0.717) is 17.2 Å². The van der Waals surface area contributed by atoms with Gasteiger partial charge in [-0.05, 0) is 37.8 Å². The number of rotatable bonds is 3. The first-order valence-electron chi connectivity index (χ1n) is 7.43. The van der Waals surface area contributed by atoms with Crippen LogP contribution in [0, 0.1) is 5.92 Å². The van der Waals surface area contributed by atoms with Gasteiger partial charge in [0.1, 0.15) is 0 Å². The molecule has 0 unspecified atom stereocenters. The van der Waals surface area contributed by atoms with Crippen LogP contribution in [0.4, 0.5) is 5.69 Å². The van der Waals surface area contributed by atoms with Crippen LogP contribution in [0.3, 0.4) is 0 Å². The van der Waals surface area contributed by atoms with E-state index in [1.807, 2.05) is 4.90 Å². The molecule has 0 spiro atoms. The fourth-order valence-corrected chi connectivity index (χ4v) is 2.41. The number of likely N-dealkylation sites (tertiary alicyclic amines) is 1. The molecule has 3 N–H and O–H groups in total. The van der Waals surface area contributed by atoms with Crippen LogP contribution in [0.2, 0.25) is 0 Å². The van der Waals surface area contributed by atoms with Crippen LogP contribution in [-0.2, 0) is 4.79 Å². The van der Waals surface area contributed by atoms with E-state index >= 15 is 0 Å². The molecule has 0 aliphatic carbocycles. The average molecular weight is 289 g/mol. The van der Waals surface area contributed by atoms with Crippen LogP contribution in [-0.4, -0.2) is 35.8 Å². The van der Waals surface area contributed by atoms with Crippen molar-refractivity contribution in [3.05, 3.63) is 29.8 Å². The molecule has 2 rings (SSSR count). The van der Waals surface area contributed by atoms with Crippen LogP contribution in [0.1, 0.15) is 37.0 Å². The van der Waals surface area contributed by atoms with E-state index in [4.69, 9.17) is 5.73 Å². The quantitative estimate of drug-likeness (QED) is 0.891. The van der Waals surface area contributed by atoms with Gasteiger partial charge in [0, 0.05) is 13.1 Å². The number of para-hydroxylation sites is 1. The monoisotopic (exact) mass is 289 g/mol. The van der Waals surface area contributed by atoms with Gasteiger partial charge in [-0.1, -0.05) is 19.1 Å². The molecule has 0 radical (unpaired) electrons. The van der Waals surface area contributed by atoms with Gasteiger partial charge in [0.25, 0.3) is 5.91 Å². The summed E-state index contributed by atoms with van der Waals surface area (Å²) in [6.45, 7) is 5.37. The van der Waals surface area contributed by atoms with Crippen molar-refractivity contribution in [2.45, 2.75) is 32.7 Å². The Morgan fingerprint density at radius 2 is 1.90 bits per heavy atom. The lowest BCUT2D eigenvalue weighted by atomic mass is 9.98. The highest BCUT2D eigenvalue weighted by Gasteiger charge is 2.23. The Balaban J connectivity index is 2.15. The first-order chi connectivity index (χ1) is 9.99. The molecule has 0 saturated carbocycles. The van der Waals surface area contributed by atoms with Gasteiger partial charge in [0.15, 0.2) is 0 Å². The van der Waals surface area contributed by atoms with Crippen molar-refractivity contribution in [3.63, 3.8) is 0 Å². The summed E-state index contributed by atoms with van der Waals surface area (Å²) in [6.07, 6.45) is 2.06. The molecular weight excluding hydrogens is 266 g/mol. The number of hydrogen-bond donors (Lipinski definition) is 2. The van der Waals surface area contributed by atoms with Crippen molar-refractivity contribution in [3.8, 4) is 0 Å². The van der Waals surface area contributed by atoms with Crippen molar-refractivity contribution in [1.82, 2.24) is 4.90 Å². The van der Waals surface area contributed by atoms with Crippen LogP contribution in [0.5, 0.6) is 0 Å². The third-order valence-electron chi connectivity index (χ3n) is 3.90. The van der Waals surface area contributed by atoms with Crippen molar-refractivity contribution < 1.29 is 9.59 Å². The van der Waals surface area contributed by atoms with Crippen LogP contribution in [0.15, 0.2) is 24.3 Å². The van der Waals surface area contributed by atoms with Gasteiger partial charge >= 0.3 is 0 Å². The van der Waals surface area contributed by atoms with E-state index < -0.39 is 6.04 Å². The van der Waals surface area contributed by atoms with E-state index in [9.17, 15) is 9.59 Å². The lowest BCUT2D eigenvalue weighted by Gasteiger charge is -2.30. The SMILES string of the molecule is CC1CCN(C(=O)c2ccccc2NC(=O)[C@H](C)N)CC1. The fourth-order valence-electron chi connectivity index (χ4n) is 2.41. The molecule has 1 heterocycles. The maximum absolute atomic E-state index is 12.6. The molecule has 1 aromatic carbocycles. The molecule has 1 aliphatic rings. The number of benzene rings is 1. The highest BCUT2D eigenvalue weighted by atomic mass is 16.2. The summed E-state index contributed by atoms with van der Waals surface area (Å²) in [5, 5.41) is 2.73. The molecule has 1 aliphatic heterocycles. The van der Waals surface area contributed by atoms with Crippen molar-refractivity contribution in [1.29, 1.82) is 0 Å². The highest BCUT2D eigenvalue weighted by molar-refractivity contribution is 6.04. The Bertz CT molecular complexity index is 520. The van der Waals surface area contributed by atoms with Crippen molar-refractivity contribution in [2.75, 3.05) is 18.4 Å². The number of amides is 2. The Kier molecular flexibility index (Phi) is 4.96. The lowest BCUT2D eigenvalue weighted by Crippen LogP contribution is -2.39. The predicted octanol–water partition coefficient (Wildman–Crippen LogP) is 1.84. The normalized spacial score (nSPS) is 17.4. The van der Waals surface area contributed by atoms with E-state index in [0.717, 1.165) is 25.9 Å². The fraction of sp³-hybridized carbons (Fsp3) is 0.500. The molecule has 0 bridgehead atoms. The summed E-state index contributed by atoms with van der Waals surface area (Å²) < 4.78 is 0. The molecule has 1 saturated heterocycles. The number of carbonyl (C=O) groups excluding carboxylic acids is 2. The Morgan fingerprint density at radius 1 is 1.29 bits per heavy atom. The van der Waals surface area contributed by atoms with Gasteiger partial charge in [-0.15, -0.1) is 0 Å². The summed E-state index contributed by atoms with van der Waals surface area (Å²) in [6, 6.07) is 6.48. The molecule has 1 atom stereocenters. The third kappa shape index (κ3) is 3.82. The minimum atomic E-state index is -0.607. The van der Waals surface area contributed by atoms with Gasteiger partial charge in [-0.25, -0.2) is 0 Å². The number of carbonyl (C=O) groups is 2. The summed E-state index contributed by atoms with van der Waals surface area (Å²) in [5.74, 6) is 0.354. The second-order valence-electron chi connectivity index (χ2n) is 5.80. The first kappa shape index (κ1) is 15.5. The second-order valence-corrected chi connectivity index (χ2v) is 5.80. The molecular formula is C16H23N3O2. The molecule has 1 aromatic rings. The first-order valence-corrected chi connectivity index (χ1v) is 7.43. The lowest BCUT2D eigenvalue weighted by molar-refractivity contribution is -0.117. The summed E-state index contributed by atoms with van der Waals surface area (Å²) >= 11 is 0. The standard InChI is InChI=1S/C16H23N3O2/c1-11-7-9-19(10-8-11)16(21)13-5-3-4-6-14(13)18-15(20)12(2)17/h3-6,11-12H,7-10,17H2,1-2H3,(H,18,20)/t12-/m0/s1. The minimum absolute atomic E-state index is 0.0255. The molecule has 2 amide bonds. The largest absolute Gasteiger partial charge is 0.339 e. The average Bonchev–Trinajstić information content (AvgIpc) is 2.47. The van der Waals surface area contributed by atoms with E-state index in [1.54, 1.807) is 31.2 Å². The van der Waals surface area contributed by atoms with Gasteiger partial charge in [-0.2, -0.15) is 0 Å². The van der Waals surface area contributed by atoms with Crippen LogP contribution < -0.4 is 11.1 Å². The number of nitrogens with one attached hydrogen (secondary N) is 1. The summed E-state index contributed by atoms with van der Waals surface area (Å²) in [7, 11) is 0. The van der Waals surface area contributed by atoms with Gasteiger partial charge < -0.3 is 16.0 Å². The van der Waals surface area contributed by atoms with Crippen molar-refractivity contribution >= 4 is 17.5 Å². The smallest absolute Gasteiger partial charge is 0.255 e. The Labute approximate surface area is 125 Å². The van der Waals surface area contributed by atoms with Crippen LogP contribution >= 0.6 is 0 Å². The third-order valence-corrected chi connectivity index (χ3v) is 3.90. The van der Waals surface area contributed by atoms with Gasteiger partial charge in [0.05, 0.1) is 17.3 Å². The topological polar surface area (TPSA) is 75.4 Å². The Morgan fingerprint density at radius 3 is 2.52 bits per heavy atom. The van der Waals surface area contributed by atoms with E-state index in [1.165, 1.54) is 0 Å². The molecule has 5 nitrogen and oxygen atoms in total. The second kappa shape index (κ2) is 6.72. The zero-order chi connectivity index (χ0) is 15.4. The van der Waals surface area contributed by atoms with Crippen molar-refractivity contribution in [2.24, 2.45) is 11.7 Å². The summed E-state index contributed by atoms with van der Waals surface area (Å²) in [4.78, 5) is 26.2. The van der Waals surface area contributed by atoms with Crippen LogP contribution in [0.25, 0.3) is 0 Å². The van der Waals surface area contributed by atoms with E-state index in [-0.39, 0.29) is 11.8 Å². The maximum atomic E-state index is 12.6. The zero-order valence-corrected chi connectivity index (χ0v) is 12.6. The molecule has 5 heteroatoms. The number of nitrogens with zero attached hydrogens (tertiary/aromatic N) is 1. The number of nitrogens with two attached hydrogens (primary N) is 1. The molecule has 0 aromatic heterocycles. The number of piperidine rings is 1. The highest BCUT2D eigenvalue weighted by Crippen LogP contribution is 2.22. The zero-order valence-electron chi connectivity index (χ0n) is 12.6. The number of hydrogen-bond acceptors (Lipinski definition) is 3. The molecule has 21 heavy (non-hydrogen) atoms. The van der Waals surface area contributed by atoms with E-state index in [2.05, 4.69) is 12.2 Å². The van der Waals surface area contributed by atoms with Gasteiger partial charge in [0.2, 0.25) is 5.91 Å². The summed E-state index contributed by atoms with van der Waals surface area (Å²) in [5.41, 5.74) is 6.62. The Hall–Kier alpha value is -1.88. The van der Waals surface area contributed by atoms with Gasteiger partial charge in [-0.3, -0.25) is 9.59 Å². The number of anilines is 1. The molecule has 1 fully saturated rings. The minimum Gasteiger partial charge on any atom is -0.339 e. The molecule has 114 valence electrons.